The van der Waals surface area contributed by atoms with Gasteiger partial charge in [-0.05, 0) is 49.4 Å². The van der Waals surface area contributed by atoms with E-state index in [-0.39, 0.29) is 32.6 Å². The molecule has 0 spiro atoms. The maximum Gasteiger partial charge on any atom is 0.339 e. The summed E-state index contributed by atoms with van der Waals surface area (Å²) in [5.41, 5.74) is 0.177. The Labute approximate surface area is 214 Å². The van der Waals surface area contributed by atoms with Crippen LogP contribution in [0.2, 0.25) is 5.02 Å². The molecule has 1 N–H and O–H groups in total. The van der Waals surface area contributed by atoms with E-state index in [4.69, 9.17) is 15.8 Å². The van der Waals surface area contributed by atoms with Gasteiger partial charge in [-0.3, -0.25) is 14.9 Å². The molecule has 0 saturated carbocycles. The van der Waals surface area contributed by atoms with E-state index in [1.807, 2.05) is 6.92 Å². The molecule has 9 nitrogen and oxygen atoms in total. The molecule has 0 fully saturated rings. The number of nitrogens with zero attached hydrogens (tertiary/aromatic N) is 2. The molecule has 12 heteroatoms. The first kappa shape index (κ1) is 25.9. The van der Waals surface area contributed by atoms with Crippen LogP contribution < -0.4 is 9.50 Å². The van der Waals surface area contributed by atoms with Crippen molar-refractivity contribution < 1.29 is 22.3 Å². The first-order valence-electron chi connectivity index (χ1n) is 9.68. The quantitative estimate of drug-likeness (QED) is 0.126. The second kappa shape index (κ2) is 10.7. The number of rotatable bonds is 7. The Bertz CT molecular complexity index is 1500. The molecule has 3 aromatic rings. The number of anilines is 1. The lowest BCUT2D eigenvalue weighted by atomic mass is 10.1. The number of nitrogens with one attached hydrogen (secondary N) is 1. The molecule has 0 aliphatic carbocycles. The van der Waals surface area contributed by atoms with Crippen molar-refractivity contribution in [1.82, 2.24) is 0 Å². The highest BCUT2D eigenvalue weighted by Gasteiger charge is 2.20. The predicted octanol–water partition coefficient (Wildman–Crippen LogP) is 5.63. The first-order valence-corrected chi connectivity index (χ1v) is 12.3. The molecule has 0 radical (unpaired) electrons. The second-order valence-corrected chi connectivity index (χ2v) is 9.95. The fraction of sp³-hybridized carbons (Fsp3) is 0.0435. The third-order valence-corrected chi connectivity index (χ3v) is 6.63. The minimum absolute atomic E-state index is 0.0249. The van der Waals surface area contributed by atoms with E-state index in [2.05, 4.69) is 21.2 Å². The fourth-order valence-electron chi connectivity index (χ4n) is 2.80. The van der Waals surface area contributed by atoms with Gasteiger partial charge in [0.15, 0.2) is 0 Å². The van der Waals surface area contributed by atoms with Gasteiger partial charge < -0.3 is 9.50 Å². The minimum Gasteiger partial charge on any atom is -0.378 e. The van der Waals surface area contributed by atoms with Crippen LogP contribution >= 0.6 is 27.5 Å². The Morgan fingerprint density at radius 3 is 2.49 bits per heavy atom. The lowest BCUT2D eigenvalue weighted by molar-refractivity contribution is -0.384. The number of benzene rings is 3. The maximum absolute atomic E-state index is 12.7. The van der Waals surface area contributed by atoms with Crippen molar-refractivity contribution in [2.75, 3.05) is 5.32 Å². The molecule has 0 aliphatic heterocycles. The van der Waals surface area contributed by atoms with Crippen LogP contribution in [0.4, 0.5) is 11.4 Å². The first-order chi connectivity index (χ1) is 16.5. The zero-order valence-electron chi connectivity index (χ0n) is 17.9. The summed E-state index contributed by atoms with van der Waals surface area (Å²) in [7, 11) is -4.20. The smallest absolute Gasteiger partial charge is 0.339 e. The van der Waals surface area contributed by atoms with Crippen LogP contribution in [0, 0.1) is 28.4 Å². The van der Waals surface area contributed by atoms with Crippen LogP contribution in [0.25, 0.3) is 6.08 Å². The van der Waals surface area contributed by atoms with E-state index in [0.717, 1.165) is 17.7 Å². The Hall–Kier alpha value is -3.72. The van der Waals surface area contributed by atoms with Crippen molar-refractivity contribution in [3.8, 4) is 11.8 Å². The van der Waals surface area contributed by atoms with Gasteiger partial charge in [0.2, 0.25) is 0 Å². The molecule has 3 aromatic carbocycles. The van der Waals surface area contributed by atoms with Gasteiger partial charge >= 0.3 is 10.1 Å². The van der Waals surface area contributed by atoms with Crippen LogP contribution in [-0.2, 0) is 14.9 Å². The average molecular weight is 577 g/mol. The number of halogens is 2. The van der Waals surface area contributed by atoms with E-state index < -0.39 is 26.5 Å². The summed E-state index contributed by atoms with van der Waals surface area (Å²) in [6.45, 7) is 1.81. The van der Waals surface area contributed by atoms with E-state index in [1.165, 1.54) is 42.5 Å². The number of carbonyl (C=O) groups is 1. The van der Waals surface area contributed by atoms with Gasteiger partial charge in [-0.15, -0.1) is 0 Å². The fourth-order valence-corrected chi connectivity index (χ4v) is 4.29. The molecule has 0 unspecified atom stereocenters. The predicted molar refractivity (Wildman–Crippen MR) is 133 cm³/mol. The van der Waals surface area contributed by atoms with Crippen molar-refractivity contribution in [1.29, 1.82) is 5.26 Å². The molecule has 35 heavy (non-hydrogen) atoms. The molecule has 0 aliphatic rings. The van der Waals surface area contributed by atoms with Crippen LogP contribution in [0.3, 0.4) is 0 Å². The Balaban J connectivity index is 1.95. The maximum atomic E-state index is 12.7. The average Bonchev–Trinajstić information content (AvgIpc) is 2.80. The van der Waals surface area contributed by atoms with Crippen molar-refractivity contribution in [2.24, 2.45) is 0 Å². The highest BCUT2D eigenvalue weighted by molar-refractivity contribution is 9.10. The number of nitro groups is 1. The Morgan fingerprint density at radius 2 is 1.86 bits per heavy atom. The van der Waals surface area contributed by atoms with Crippen molar-refractivity contribution >= 4 is 61.0 Å². The monoisotopic (exact) mass is 575 g/mol. The van der Waals surface area contributed by atoms with E-state index >= 15 is 0 Å². The largest absolute Gasteiger partial charge is 0.378 e. The third-order valence-electron chi connectivity index (χ3n) is 4.55. The number of aryl methyl sites for hydroxylation is 1. The van der Waals surface area contributed by atoms with Crippen molar-refractivity contribution in [3.05, 3.63) is 97.0 Å². The summed E-state index contributed by atoms with van der Waals surface area (Å²) in [5, 5.41) is 22.9. The van der Waals surface area contributed by atoms with Gasteiger partial charge in [0, 0.05) is 22.2 Å². The van der Waals surface area contributed by atoms with Crippen LogP contribution in [0.5, 0.6) is 5.75 Å². The summed E-state index contributed by atoms with van der Waals surface area (Å²) in [4.78, 5) is 23.0. The normalized spacial score (nSPS) is 11.4. The topological polar surface area (TPSA) is 139 Å². The minimum atomic E-state index is -4.20. The van der Waals surface area contributed by atoms with Crippen LogP contribution in [0.1, 0.15) is 11.1 Å². The molecule has 1 amide bonds. The number of hydrogen-bond acceptors (Lipinski definition) is 7. The number of hydrogen-bond donors (Lipinski definition) is 1. The highest BCUT2D eigenvalue weighted by atomic mass is 79.9. The lowest BCUT2D eigenvalue weighted by Crippen LogP contribution is -2.14. The molecule has 0 bridgehead atoms. The highest BCUT2D eigenvalue weighted by Crippen LogP contribution is 2.30. The van der Waals surface area contributed by atoms with Gasteiger partial charge in [0.25, 0.3) is 11.6 Å². The molecule has 178 valence electrons. The van der Waals surface area contributed by atoms with E-state index in [1.54, 1.807) is 18.2 Å². The number of non-ortho nitro benzene ring substituents is 1. The zero-order chi connectivity index (χ0) is 25.8. The Morgan fingerprint density at radius 1 is 1.17 bits per heavy atom. The second-order valence-electron chi connectivity index (χ2n) is 7.08. The van der Waals surface area contributed by atoms with Gasteiger partial charge in [-0.2, -0.15) is 13.7 Å². The Kier molecular flexibility index (Phi) is 7.91. The molecule has 0 saturated heterocycles. The summed E-state index contributed by atoms with van der Waals surface area (Å²) < 4.78 is 31.3. The van der Waals surface area contributed by atoms with Gasteiger partial charge in [-0.25, -0.2) is 0 Å². The number of amides is 1. The van der Waals surface area contributed by atoms with E-state index in [9.17, 15) is 28.6 Å². The van der Waals surface area contributed by atoms with Gasteiger partial charge in [-0.1, -0.05) is 45.2 Å². The number of nitriles is 1. The van der Waals surface area contributed by atoms with E-state index in [0.29, 0.717) is 4.47 Å². The summed E-state index contributed by atoms with van der Waals surface area (Å²) in [6.07, 6.45) is 1.13. The van der Waals surface area contributed by atoms with Gasteiger partial charge in [0.1, 0.15) is 22.3 Å². The molecule has 3 rings (SSSR count). The standard InChI is InChI=1S/C23H15BrClN3O6S/c1-14-2-6-19(7-3-14)35(32,33)34-22-9-4-17(24)11-15(22)10-16(13-26)23(29)27-21-12-18(28(30)31)5-8-20(21)25/h2-12H,1H3,(H,27,29)/b16-10+. The summed E-state index contributed by atoms with van der Waals surface area (Å²) in [6, 6.07) is 15.6. The number of nitro benzene ring substituents is 1. The molecule has 0 heterocycles. The van der Waals surface area contributed by atoms with Gasteiger partial charge in [0.05, 0.1) is 15.6 Å². The lowest BCUT2D eigenvalue weighted by Gasteiger charge is -2.11. The molecule has 0 atom stereocenters. The third kappa shape index (κ3) is 6.45. The summed E-state index contributed by atoms with van der Waals surface area (Å²) >= 11 is 9.27. The van der Waals surface area contributed by atoms with Crippen molar-refractivity contribution in [3.63, 3.8) is 0 Å². The molecular weight excluding hydrogens is 562 g/mol. The summed E-state index contributed by atoms with van der Waals surface area (Å²) in [5.74, 6) is -1.04. The number of carbonyl (C=O) groups excluding carboxylic acids is 1. The molecular formula is C23H15BrClN3O6S. The van der Waals surface area contributed by atoms with Crippen molar-refractivity contribution in [2.45, 2.75) is 11.8 Å². The van der Waals surface area contributed by atoms with Crippen LogP contribution in [-0.4, -0.2) is 19.2 Å². The van der Waals surface area contributed by atoms with Crippen LogP contribution in [0.15, 0.2) is 75.6 Å². The zero-order valence-corrected chi connectivity index (χ0v) is 21.0. The SMILES string of the molecule is Cc1ccc(S(=O)(=O)Oc2ccc(Br)cc2/C=C(\C#N)C(=O)Nc2cc([N+](=O)[O-])ccc2Cl)cc1. The molecule has 0 aromatic heterocycles.